The van der Waals surface area contributed by atoms with Gasteiger partial charge in [0.25, 0.3) is 5.91 Å². The Hall–Kier alpha value is -0.540. The Morgan fingerprint density at radius 3 is 2.89 bits per heavy atom. The number of likely N-dealkylation sites (tertiary alicyclic amines) is 1. The molecular formula is C15H19BrClNO. The number of carbonyl (C=O) groups is 1. The summed E-state index contributed by atoms with van der Waals surface area (Å²) in [7, 11) is 0. The molecule has 1 aromatic rings. The summed E-state index contributed by atoms with van der Waals surface area (Å²) in [6.45, 7) is 2.83. The van der Waals surface area contributed by atoms with Crippen molar-refractivity contribution in [1.29, 1.82) is 0 Å². The molecule has 104 valence electrons. The van der Waals surface area contributed by atoms with E-state index >= 15 is 0 Å². The maximum Gasteiger partial charge on any atom is 0.254 e. The van der Waals surface area contributed by atoms with Crippen molar-refractivity contribution in [2.45, 2.75) is 38.6 Å². The van der Waals surface area contributed by atoms with Gasteiger partial charge in [-0.05, 0) is 43.5 Å². The second-order valence-corrected chi connectivity index (χ2v) is 6.28. The molecule has 1 aromatic carbocycles. The number of hydrogen-bond donors (Lipinski definition) is 0. The van der Waals surface area contributed by atoms with E-state index in [1.54, 1.807) is 0 Å². The van der Waals surface area contributed by atoms with E-state index in [2.05, 4.69) is 15.9 Å². The topological polar surface area (TPSA) is 20.3 Å². The average Bonchev–Trinajstić information content (AvgIpc) is 2.66. The summed E-state index contributed by atoms with van der Waals surface area (Å²) in [6, 6.07) is 5.95. The summed E-state index contributed by atoms with van der Waals surface area (Å²) in [4.78, 5) is 14.6. The van der Waals surface area contributed by atoms with Gasteiger partial charge in [-0.15, -0.1) is 11.6 Å². The molecule has 1 atom stereocenters. The van der Waals surface area contributed by atoms with Gasteiger partial charge in [-0.3, -0.25) is 4.79 Å². The highest BCUT2D eigenvalue weighted by molar-refractivity contribution is 9.10. The zero-order valence-corrected chi connectivity index (χ0v) is 13.5. The number of hydrogen-bond acceptors (Lipinski definition) is 1. The lowest BCUT2D eigenvalue weighted by Gasteiger charge is -2.28. The van der Waals surface area contributed by atoms with Gasteiger partial charge >= 0.3 is 0 Å². The molecule has 0 radical (unpaired) electrons. The minimum Gasteiger partial charge on any atom is -0.334 e. The van der Waals surface area contributed by atoms with E-state index in [9.17, 15) is 4.79 Å². The van der Waals surface area contributed by atoms with Gasteiger partial charge in [0.2, 0.25) is 0 Å². The van der Waals surface area contributed by atoms with Crippen molar-refractivity contribution in [3.05, 3.63) is 33.8 Å². The summed E-state index contributed by atoms with van der Waals surface area (Å²) >= 11 is 9.50. The Kier molecular flexibility index (Phi) is 5.28. The van der Waals surface area contributed by atoms with Gasteiger partial charge in [-0.1, -0.05) is 28.8 Å². The van der Waals surface area contributed by atoms with Crippen LogP contribution in [-0.2, 0) is 0 Å². The van der Waals surface area contributed by atoms with Gasteiger partial charge < -0.3 is 4.90 Å². The van der Waals surface area contributed by atoms with Crippen LogP contribution >= 0.6 is 27.5 Å². The molecule has 19 heavy (non-hydrogen) atoms. The predicted molar refractivity (Wildman–Crippen MR) is 82.9 cm³/mol. The quantitative estimate of drug-likeness (QED) is 0.729. The molecule has 2 rings (SSSR count). The fourth-order valence-corrected chi connectivity index (χ4v) is 3.12. The smallest absolute Gasteiger partial charge is 0.254 e. The van der Waals surface area contributed by atoms with Crippen LogP contribution in [0, 0.1) is 6.92 Å². The van der Waals surface area contributed by atoms with E-state index in [0.29, 0.717) is 5.88 Å². The van der Waals surface area contributed by atoms with E-state index < -0.39 is 0 Å². The normalized spacial score (nSPS) is 20.2. The van der Waals surface area contributed by atoms with Gasteiger partial charge in [0, 0.05) is 28.5 Å². The fraction of sp³-hybridized carbons (Fsp3) is 0.533. The molecule has 1 amide bonds. The van der Waals surface area contributed by atoms with Crippen molar-refractivity contribution in [3.63, 3.8) is 0 Å². The lowest BCUT2D eigenvalue weighted by atomic mass is 10.1. The number of rotatable bonds is 2. The van der Waals surface area contributed by atoms with Crippen molar-refractivity contribution in [2.24, 2.45) is 0 Å². The molecule has 0 bridgehead atoms. The van der Waals surface area contributed by atoms with Gasteiger partial charge in [0.05, 0.1) is 0 Å². The van der Waals surface area contributed by atoms with Crippen molar-refractivity contribution < 1.29 is 4.79 Å². The Labute approximate surface area is 128 Å². The second kappa shape index (κ2) is 6.76. The third-order valence-corrected chi connectivity index (χ3v) is 4.97. The summed E-state index contributed by atoms with van der Waals surface area (Å²) < 4.78 is 1.04. The maximum absolute atomic E-state index is 12.6. The van der Waals surface area contributed by atoms with Crippen LogP contribution in [0.25, 0.3) is 0 Å². The predicted octanol–water partition coefficient (Wildman–Crippen LogP) is 4.38. The molecule has 1 heterocycles. The van der Waals surface area contributed by atoms with E-state index in [-0.39, 0.29) is 11.9 Å². The summed E-state index contributed by atoms with van der Waals surface area (Å²) in [6.07, 6.45) is 4.45. The number of halogens is 2. The van der Waals surface area contributed by atoms with Crippen LogP contribution in [0.3, 0.4) is 0 Å². The molecule has 0 spiro atoms. The monoisotopic (exact) mass is 343 g/mol. The van der Waals surface area contributed by atoms with Crippen LogP contribution in [0.1, 0.15) is 41.6 Å². The van der Waals surface area contributed by atoms with Crippen molar-refractivity contribution in [3.8, 4) is 0 Å². The Morgan fingerprint density at radius 1 is 1.42 bits per heavy atom. The fourth-order valence-electron chi connectivity index (χ4n) is 2.55. The van der Waals surface area contributed by atoms with Crippen LogP contribution in [0.15, 0.2) is 22.7 Å². The van der Waals surface area contributed by atoms with Crippen LogP contribution in [-0.4, -0.2) is 29.3 Å². The number of amides is 1. The minimum atomic E-state index is 0.114. The highest BCUT2D eigenvalue weighted by Gasteiger charge is 2.25. The van der Waals surface area contributed by atoms with E-state index in [1.807, 2.05) is 30.0 Å². The molecule has 0 aromatic heterocycles. The Balaban J connectivity index is 2.22. The summed E-state index contributed by atoms with van der Waals surface area (Å²) in [5.74, 6) is 0.643. The molecule has 2 nitrogen and oxygen atoms in total. The molecule has 0 saturated carbocycles. The number of aryl methyl sites for hydroxylation is 1. The highest BCUT2D eigenvalue weighted by Crippen LogP contribution is 2.22. The number of alkyl halides is 1. The Bertz CT molecular complexity index is 463. The van der Waals surface area contributed by atoms with E-state index in [0.717, 1.165) is 35.0 Å². The van der Waals surface area contributed by atoms with Crippen LogP contribution in [0.2, 0.25) is 0 Å². The van der Waals surface area contributed by atoms with Gasteiger partial charge in [-0.2, -0.15) is 0 Å². The van der Waals surface area contributed by atoms with Crippen molar-refractivity contribution in [2.75, 3.05) is 12.4 Å². The first kappa shape index (κ1) is 14.9. The highest BCUT2D eigenvalue weighted by atomic mass is 79.9. The van der Waals surface area contributed by atoms with Gasteiger partial charge in [-0.25, -0.2) is 0 Å². The largest absolute Gasteiger partial charge is 0.334 e. The molecule has 1 unspecified atom stereocenters. The van der Waals surface area contributed by atoms with Crippen molar-refractivity contribution in [1.82, 2.24) is 4.90 Å². The molecule has 0 aliphatic carbocycles. The molecule has 0 N–H and O–H groups in total. The number of benzene rings is 1. The van der Waals surface area contributed by atoms with Crippen LogP contribution in [0.4, 0.5) is 0 Å². The zero-order valence-electron chi connectivity index (χ0n) is 11.2. The third kappa shape index (κ3) is 3.51. The number of nitrogens with zero attached hydrogens (tertiary/aromatic N) is 1. The molecular weight excluding hydrogens is 326 g/mol. The second-order valence-electron chi connectivity index (χ2n) is 5.12. The third-order valence-electron chi connectivity index (χ3n) is 3.72. The first-order chi connectivity index (χ1) is 9.13. The van der Waals surface area contributed by atoms with E-state index in [4.69, 9.17) is 11.6 Å². The van der Waals surface area contributed by atoms with E-state index in [1.165, 1.54) is 12.8 Å². The molecule has 1 fully saturated rings. The molecule has 1 aliphatic heterocycles. The average molecular weight is 345 g/mol. The first-order valence-electron chi connectivity index (χ1n) is 6.76. The summed E-state index contributed by atoms with van der Waals surface area (Å²) in [5.41, 5.74) is 1.85. The van der Waals surface area contributed by atoms with Gasteiger partial charge in [0.15, 0.2) is 0 Å². The maximum atomic E-state index is 12.6. The van der Waals surface area contributed by atoms with Gasteiger partial charge in [0.1, 0.15) is 0 Å². The first-order valence-corrected chi connectivity index (χ1v) is 8.09. The lowest BCUT2D eigenvalue weighted by molar-refractivity contribution is 0.0700. The van der Waals surface area contributed by atoms with Crippen LogP contribution < -0.4 is 0 Å². The zero-order chi connectivity index (χ0) is 13.8. The standard InChI is InChI=1S/C15H19BrClNO/c1-11-9-12(6-7-14(11)16)15(19)18-8-4-2-3-5-13(18)10-17/h6-7,9,13H,2-5,8,10H2,1H3. The van der Waals surface area contributed by atoms with Crippen molar-refractivity contribution >= 4 is 33.4 Å². The lowest BCUT2D eigenvalue weighted by Crippen LogP contribution is -2.41. The Morgan fingerprint density at radius 2 is 2.21 bits per heavy atom. The van der Waals surface area contributed by atoms with Crippen LogP contribution in [0.5, 0.6) is 0 Å². The molecule has 1 aliphatic rings. The number of carbonyl (C=O) groups excluding carboxylic acids is 1. The molecule has 1 saturated heterocycles. The summed E-state index contributed by atoms with van der Waals surface area (Å²) in [5, 5.41) is 0. The SMILES string of the molecule is Cc1cc(C(=O)N2CCCCCC2CCl)ccc1Br. The molecule has 4 heteroatoms. The minimum absolute atomic E-state index is 0.114.